The molecule has 0 radical (unpaired) electrons. The van der Waals surface area contributed by atoms with Gasteiger partial charge in [0, 0.05) is 19.2 Å². The van der Waals surface area contributed by atoms with Gasteiger partial charge in [-0.2, -0.15) is 0 Å². The minimum atomic E-state index is -0.671. The van der Waals surface area contributed by atoms with Crippen molar-refractivity contribution in [1.29, 1.82) is 0 Å². The fraction of sp³-hybridized carbons (Fsp3) is 0.304. The first-order valence-corrected chi connectivity index (χ1v) is 9.38. The van der Waals surface area contributed by atoms with E-state index in [2.05, 4.69) is 13.8 Å². The molecule has 0 saturated carbocycles. The highest BCUT2D eigenvalue weighted by molar-refractivity contribution is 6.46. The lowest BCUT2D eigenvalue weighted by molar-refractivity contribution is -0.140. The van der Waals surface area contributed by atoms with Crippen molar-refractivity contribution in [3.05, 3.63) is 76.9 Å². The van der Waals surface area contributed by atoms with Gasteiger partial charge < -0.3 is 14.7 Å². The van der Waals surface area contributed by atoms with Crippen LogP contribution in [0.3, 0.4) is 0 Å². The Labute approximate surface area is 165 Å². The highest BCUT2D eigenvalue weighted by atomic mass is 16.5. The quantitative estimate of drug-likeness (QED) is 0.470. The molecule has 5 nitrogen and oxygen atoms in total. The van der Waals surface area contributed by atoms with Crippen molar-refractivity contribution < 1.29 is 19.4 Å². The van der Waals surface area contributed by atoms with Crippen LogP contribution in [0.1, 0.15) is 42.5 Å². The number of carbonyl (C=O) groups excluding carboxylic acids is 2. The number of ether oxygens (including phenoxy) is 1. The van der Waals surface area contributed by atoms with Gasteiger partial charge in [-0.3, -0.25) is 9.59 Å². The number of aliphatic hydroxyl groups excluding tert-OH is 1. The Bertz CT molecular complexity index is 885. The molecule has 1 amide bonds. The van der Waals surface area contributed by atoms with Crippen molar-refractivity contribution in [2.75, 3.05) is 20.3 Å². The normalized spacial score (nSPS) is 18.9. The third-order valence-corrected chi connectivity index (χ3v) is 5.04. The zero-order valence-corrected chi connectivity index (χ0v) is 16.4. The average Bonchev–Trinajstić information content (AvgIpc) is 2.97. The number of nitrogens with zero attached hydrogens (tertiary/aromatic N) is 1. The van der Waals surface area contributed by atoms with Crippen molar-refractivity contribution >= 4 is 17.4 Å². The minimum absolute atomic E-state index is 0.115. The summed E-state index contributed by atoms with van der Waals surface area (Å²) in [6.07, 6.45) is 0. The summed E-state index contributed by atoms with van der Waals surface area (Å²) >= 11 is 0. The first-order chi connectivity index (χ1) is 13.5. The summed E-state index contributed by atoms with van der Waals surface area (Å²) in [5, 5.41) is 10.9. The summed E-state index contributed by atoms with van der Waals surface area (Å²) < 4.78 is 5.12. The number of amides is 1. The van der Waals surface area contributed by atoms with Crippen LogP contribution in [-0.2, 0) is 14.3 Å². The van der Waals surface area contributed by atoms with E-state index in [9.17, 15) is 14.7 Å². The zero-order chi connectivity index (χ0) is 20.3. The van der Waals surface area contributed by atoms with Crippen LogP contribution in [0.2, 0.25) is 0 Å². The van der Waals surface area contributed by atoms with Gasteiger partial charge >= 0.3 is 0 Å². The summed E-state index contributed by atoms with van der Waals surface area (Å²) in [5.74, 6) is -1.07. The van der Waals surface area contributed by atoms with Crippen molar-refractivity contribution in [1.82, 2.24) is 4.90 Å². The van der Waals surface area contributed by atoms with Crippen molar-refractivity contribution in [3.8, 4) is 0 Å². The molecule has 2 aromatic carbocycles. The van der Waals surface area contributed by atoms with E-state index < -0.39 is 17.7 Å². The van der Waals surface area contributed by atoms with Gasteiger partial charge in [-0.25, -0.2) is 0 Å². The molecule has 0 aromatic heterocycles. The smallest absolute Gasteiger partial charge is 0.295 e. The van der Waals surface area contributed by atoms with Gasteiger partial charge in [0.25, 0.3) is 11.7 Å². The number of aliphatic hydroxyl groups is 1. The van der Waals surface area contributed by atoms with Gasteiger partial charge in [-0.05, 0) is 17.0 Å². The van der Waals surface area contributed by atoms with Crippen LogP contribution >= 0.6 is 0 Å². The molecular weight excluding hydrogens is 354 g/mol. The number of hydrogen-bond donors (Lipinski definition) is 1. The number of benzene rings is 2. The van der Waals surface area contributed by atoms with E-state index in [1.54, 1.807) is 31.4 Å². The highest BCUT2D eigenvalue weighted by Crippen LogP contribution is 2.39. The zero-order valence-electron chi connectivity index (χ0n) is 16.4. The lowest BCUT2D eigenvalue weighted by Gasteiger charge is -2.25. The molecule has 1 fully saturated rings. The van der Waals surface area contributed by atoms with Crippen LogP contribution in [0.4, 0.5) is 0 Å². The maximum absolute atomic E-state index is 12.8. The molecule has 146 valence electrons. The molecule has 5 heteroatoms. The van der Waals surface area contributed by atoms with Gasteiger partial charge in [0.2, 0.25) is 0 Å². The Balaban J connectivity index is 2.12. The lowest BCUT2D eigenvalue weighted by Crippen LogP contribution is -2.32. The van der Waals surface area contributed by atoms with E-state index in [1.165, 1.54) is 10.5 Å². The second kappa shape index (κ2) is 8.40. The molecule has 1 aliphatic rings. The Kier molecular flexibility index (Phi) is 5.95. The molecule has 28 heavy (non-hydrogen) atoms. The fourth-order valence-electron chi connectivity index (χ4n) is 3.46. The molecule has 3 rings (SSSR count). The van der Waals surface area contributed by atoms with Crippen LogP contribution in [0.5, 0.6) is 0 Å². The summed E-state index contributed by atoms with van der Waals surface area (Å²) in [7, 11) is 1.55. The van der Waals surface area contributed by atoms with Crippen LogP contribution in [0, 0.1) is 0 Å². The molecular formula is C23H25NO4. The molecule has 0 spiro atoms. The van der Waals surface area contributed by atoms with Crippen molar-refractivity contribution in [2.45, 2.75) is 25.8 Å². The number of ketones is 1. The summed E-state index contributed by atoms with van der Waals surface area (Å²) in [6.45, 7) is 4.78. The molecule has 0 unspecified atom stereocenters. The summed E-state index contributed by atoms with van der Waals surface area (Å²) in [6, 6.07) is 16.0. The molecule has 1 atom stereocenters. The number of Topliss-reactive ketones (excluding diaryl/α,β-unsaturated/α-hetero) is 1. The third kappa shape index (κ3) is 3.71. The second-order valence-electron chi connectivity index (χ2n) is 7.17. The summed E-state index contributed by atoms with van der Waals surface area (Å²) in [5.41, 5.74) is 2.58. The van der Waals surface area contributed by atoms with Crippen molar-refractivity contribution in [2.24, 2.45) is 0 Å². The fourth-order valence-corrected chi connectivity index (χ4v) is 3.46. The number of rotatable bonds is 6. The predicted molar refractivity (Wildman–Crippen MR) is 108 cm³/mol. The van der Waals surface area contributed by atoms with Gasteiger partial charge in [0.05, 0.1) is 18.2 Å². The molecule has 1 N–H and O–H groups in total. The van der Waals surface area contributed by atoms with Crippen molar-refractivity contribution in [3.63, 3.8) is 0 Å². The van der Waals surface area contributed by atoms with Gasteiger partial charge in [-0.15, -0.1) is 0 Å². The van der Waals surface area contributed by atoms with Crippen LogP contribution in [0.15, 0.2) is 60.2 Å². The van der Waals surface area contributed by atoms with E-state index in [0.717, 1.165) is 5.56 Å². The maximum Gasteiger partial charge on any atom is 0.295 e. The molecule has 0 aliphatic carbocycles. The average molecular weight is 379 g/mol. The van der Waals surface area contributed by atoms with E-state index in [1.807, 2.05) is 30.3 Å². The van der Waals surface area contributed by atoms with E-state index >= 15 is 0 Å². The lowest BCUT2D eigenvalue weighted by atomic mass is 9.93. The predicted octanol–water partition coefficient (Wildman–Crippen LogP) is 3.88. The van der Waals surface area contributed by atoms with Gasteiger partial charge in [0.1, 0.15) is 5.76 Å². The van der Waals surface area contributed by atoms with E-state index in [-0.39, 0.29) is 17.9 Å². The first kappa shape index (κ1) is 19.8. The van der Waals surface area contributed by atoms with Crippen LogP contribution in [0.25, 0.3) is 5.76 Å². The first-order valence-electron chi connectivity index (χ1n) is 9.38. The number of methoxy groups -OCH3 is 1. The number of hydrogen-bond acceptors (Lipinski definition) is 4. The molecule has 0 bridgehead atoms. The summed E-state index contributed by atoms with van der Waals surface area (Å²) in [4.78, 5) is 27.0. The third-order valence-electron chi connectivity index (χ3n) is 5.04. The second-order valence-corrected chi connectivity index (χ2v) is 7.17. The SMILES string of the molecule is COCCN1C(=O)C(=O)C(=C(O)c2ccccc2)[C@H]1c1ccc(C(C)C)cc1. The number of carbonyl (C=O) groups is 2. The molecule has 1 aliphatic heterocycles. The molecule has 2 aromatic rings. The Morgan fingerprint density at radius 2 is 1.71 bits per heavy atom. The Morgan fingerprint density at radius 1 is 1.07 bits per heavy atom. The Morgan fingerprint density at radius 3 is 2.29 bits per heavy atom. The van der Waals surface area contributed by atoms with Crippen LogP contribution in [-0.4, -0.2) is 42.0 Å². The van der Waals surface area contributed by atoms with E-state index in [4.69, 9.17) is 4.74 Å². The van der Waals surface area contributed by atoms with E-state index in [0.29, 0.717) is 18.1 Å². The molecule has 1 saturated heterocycles. The largest absolute Gasteiger partial charge is 0.507 e. The molecule has 1 heterocycles. The number of likely N-dealkylation sites (tertiary alicyclic amines) is 1. The topological polar surface area (TPSA) is 66.8 Å². The maximum atomic E-state index is 12.8. The van der Waals surface area contributed by atoms with Crippen LogP contribution < -0.4 is 0 Å². The van der Waals surface area contributed by atoms with Gasteiger partial charge in [-0.1, -0.05) is 68.4 Å². The Hall–Kier alpha value is -2.92. The monoisotopic (exact) mass is 379 g/mol. The van der Waals surface area contributed by atoms with Gasteiger partial charge in [0.15, 0.2) is 0 Å². The standard InChI is InChI=1S/C23H25NO4/c1-15(2)16-9-11-17(12-10-16)20-19(21(25)18-7-5-4-6-8-18)22(26)23(27)24(20)13-14-28-3/h4-12,15,20,25H,13-14H2,1-3H3/t20-/m1/s1. The minimum Gasteiger partial charge on any atom is -0.507 e. The highest BCUT2D eigenvalue weighted by Gasteiger charge is 2.45.